The molecule has 11 heteroatoms. The standard InChI is InChI=1S/C21H31BN4O6/c1-13(2)23-7-8-24-15-6-9-26(19(28)11-15)12-18(27)25-17-10-14-4-3-5-16(21(29)30)20(14)32-22(17)31/h3-5,13,15,17,23-24,31H,6-12H2,1-2H3,(H,25,27)(H,29,30). The van der Waals surface area contributed by atoms with Gasteiger partial charge in [-0.2, -0.15) is 0 Å². The lowest BCUT2D eigenvalue weighted by Crippen LogP contribution is -2.56. The van der Waals surface area contributed by atoms with Crippen molar-refractivity contribution in [3.05, 3.63) is 29.3 Å². The number of likely N-dealkylation sites (tertiary alicyclic amines) is 1. The first-order valence-electron chi connectivity index (χ1n) is 11.0. The molecule has 2 amide bonds. The van der Waals surface area contributed by atoms with Crippen LogP contribution in [-0.2, 0) is 16.0 Å². The molecule has 2 aliphatic rings. The Morgan fingerprint density at radius 1 is 1.28 bits per heavy atom. The van der Waals surface area contributed by atoms with Gasteiger partial charge < -0.3 is 35.6 Å². The number of piperidine rings is 1. The summed E-state index contributed by atoms with van der Waals surface area (Å²) < 4.78 is 5.39. The van der Waals surface area contributed by atoms with E-state index in [1.54, 1.807) is 12.1 Å². The number of benzene rings is 1. The van der Waals surface area contributed by atoms with Crippen LogP contribution in [0.4, 0.5) is 0 Å². The van der Waals surface area contributed by atoms with E-state index in [9.17, 15) is 24.5 Å². The van der Waals surface area contributed by atoms with E-state index in [4.69, 9.17) is 4.65 Å². The lowest BCUT2D eigenvalue weighted by atomic mass is 9.72. The van der Waals surface area contributed by atoms with Crippen molar-refractivity contribution in [3.63, 3.8) is 0 Å². The maximum atomic E-state index is 12.5. The van der Waals surface area contributed by atoms with Gasteiger partial charge in [0.1, 0.15) is 5.75 Å². The van der Waals surface area contributed by atoms with Crippen molar-refractivity contribution in [1.82, 2.24) is 20.9 Å². The fraction of sp³-hybridized carbons (Fsp3) is 0.571. The molecule has 5 N–H and O–H groups in total. The van der Waals surface area contributed by atoms with E-state index in [1.807, 2.05) is 0 Å². The molecule has 1 aromatic carbocycles. The van der Waals surface area contributed by atoms with Crippen molar-refractivity contribution in [1.29, 1.82) is 0 Å². The normalized spacial score (nSPS) is 20.7. The van der Waals surface area contributed by atoms with Crippen molar-refractivity contribution in [2.24, 2.45) is 0 Å². The van der Waals surface area contributed by atoms with Gasteiger partial charge in [0.25, 0.3) is 0 Å². The maximum absolute atomic E-state index is 12.5. The average molecular weight is 446 g/mol. The molecule has 0 aromatic heterocycles. The third kappa shape index (κ3) is 6.21. The van der Waals surface area contributed by atoms with E-state index < -0.39 is 24.9 Å². The Balaban J connectivity index is 1.47. The molecule has 2 heterocycles. The Hall–Kier alpha value is -2.63. The molecule has 0 spiro atoms. The monoisotopic (exact) mass is 446 g/mol. The predicted molar refractivity (Wildman–Crippen MR) is 118 cm³/mol. The van der Waals surface area contributed by atoms with Gasteiger partial charge in [-0.05, 0) is 24.5 Å². The molecule has 1 saturated heterocycles. The number of fused-ring (bicyclic) bond motifs is 1. The number of nitrogens with one attached hydrogen (secondary N) is 3. The van der Waals surface area contributed by atoms with Crippen LogP contribution in [-0.4, -0.2) is 84.1 Å². The minimum Gasteiger partial charge on any atom is -0.534 e. The quantitative estimate of drug-likeness (QED) is 0.250. The maximum Gasteiger partial charge on any atom is 0.547 e. The molecule has 32 heavy (non-hydrogen) atoms. The molecule has 2 atom stereocenters. The van der Waals surface area contributed by atoms with Crippen LogP contribution >= 0.6 is 0 Å². The first kappa shape index (κ1) is 24.0. The highest BCUT2D eigenvalue weighted by Gasteiger charge is 2.38. The van der Waals surface area contributed by atoms with Crippen LogP contribution in [0, 0.1) is 0 Å². The molecular weight excluding hydrogens is 415 g/mol. The summed E-state index contributed by atoms with van der Waals surface area (Å²) in [6.07, 6.45) is 1.34. The molecule has 2 aliphatic heterocycles. The number of carbonyl (C=O) groups is 3. The summed E-state index contributed by atoms with van der Waals surface area (Å²) in [6, 6.07) is 5.21. The SMILES string of the molecule is CC(C)NCCNC1CCN(CC(=O)NC2Cc3cccc(C(=O)O)c3OB2O)C(=O)C1. The van der Waals surface area contributed by atoms with E-state index in [1.165, 1.54) is 11.0 Å². The summed E-state index contributed by atoms with van der Waals surface area (Å²) in [4.78, 5) is 37.8. The first-order valence-corrected chi connectivity index (χ1v) is 11.0. The number of aromatic carboxylic acids is 1. The van der Waals surface area contributed by atoms with Crippen molar-refractivity contribution >= 4 is 24.9 Å². The second kappa shape index (κ2) is 10.8. The molecule has 10 nitrogen and oxygen atoms in total. The summed E-state index contributed by atoms with van der Waals surface area (Å²) in [7, 11) is -1.38. The van der Waals surface area contributed by atoms with Crippen LogP contribution in [0.1, 0.15) is 42.6 Å². The van der Waals surface area contributed by atoms with E-state index in [0.717, 1.165) is 19.5 Å². The van der Waals surface area contributed by atoms with Gasteiger partial charge in [-0.25, -0.2) is 4.79 Å². The summed E-state index contributed by atoms with van der Waals surface area (Å²) in [5.41, 5.74) is 0.559. The molecule has 1 fully saturated rings. The number of carboxylic acids is 1. The highest BCUT2D eigenvalue weighted by Crippen LogP contribution is 2.30. The highest BCUT2D eigenvalue weighted by molar-refractivity contribution is 6.47. The molecule has 0 radical (unpaired) electrons. The Labute approximate surface area is 187 Å². The van der Waals surface area contributed by atoms with Gasteiger partial charge in [-0.1, -0.05) is 26.0 Å². The van der Waals surface area contributed by atoms with E-state index >= 15 is 0 Å². The van der Waals surface area contributed by atoms with Crippen molar-refractivity contribution in [2.45, 2.75) is 51.1 Å². The number of nitrogens with zero attached hydrogens (tertiary/aromatic N) is 1. The van der Waals surface area contributed by atoms with E-state index in [2.05, 4.69) is 29.8 Å². The minimum absolute atomic E-state index is 0.0339. The minimum atomic E-state index is -1.38. The van der Waals surface area contributed by atoms with Crippen LogP contribution in [0.3, 0.4) is 0 Å². The van der Waals surface area contributed by atoms with Crippen LogP contribution in [0.2, 0.25) is 0 Å². The Morgan fingerprint density at radius 3 is 2.75 bits per heavy atom. The molecular formula is C21H31BN4O6. The second-order valence-electron chi connectivity index (χ2n) is 8.55. The van der Waals surface area contributed by atoms with Gasteiger partial charge in [0.2, 0.25) is 11.8 Å². The van der Waals surface area contributed by atoms with Crippen LogP contribution in [0.5, 0.6) is 5.75 Å². The van der Waals surface area contributed by atoms with Crippen LogP contribution < -0.4 is 20.6 Å². The smallest absolute Gasteiger partial charge is 0.534 e. The van der Waals surface area contributed by atoms with Gasteiger partial charge >= 0.3 is 13.1 Å². The van der Waals surface area contributed by atoms with Gasteiger partial charge in [0.15, 0.2) is 0 Å². The number of para-hydroxylation sites is 1. The number of carbonyl (C=O) groups excluding carboxylic acids is 2. The highest BCUT2D eigenvalue weighted by atomic mass is 16.5. The van der Waals surface area contributed by atoms with Crippen molar-refractivity contribution < 1.29 is 29.2 Å². The topological polar surface area (TPSA) is 140 Å². The molecule has 0 saturated carbocycles. The van der Waals surface area contributed by atoms with Crippen molar-refractivity contribution in [3.8, 4) is 5.75 Å². The van der Waals surface area contributed by atoms with E-state index in [0.29, 0.717) is 24.6 Å². The number of carboxylic acid groups (broad SMARTS) is 1. The van der Waals surface area contributed by atoms with Gasteiger partial charge in [-0.3, -0.25) is 9.59 Å². The summed E-state index contributed by atoms with van der Waals surface area (Å²) in [5, 5.41) is 28.9. The zero-order chi connectivity index (χ0) is 23.3. The zero-order valence-corrected chi connectivity index (χ0v) is 18.5. The van der Waals surface area contributed by atoms with Gasteiger partial charge in [-0.15, -0.1) is 0 Å². The van der Waals surface area contributed by atoms with Crippen molar-refractivity contribution in [2.75, 3.05) is 26.2 Å². The Kier molecular flexibility index (Phi) is 8.11. The Morgan fingerprint density at radius 2 is 2.06 bits per heavy atom. The lowest BCUT2D eigenvalue weighted by molar-refractivity contribution is -0.138. The summed E-state index contributed by atoms with van der Waals surface area (Å²) in [5.74, 6) is -2.24. The fourth-order valence-corrected chi connectivity index (χ4v) is 4.00. The predicted octanol–water partition coefficient (Wildman–Crippen LogP) is -0.597. The van der Waals surface area contributed by atoms with E-state index in [-0.39, 0.29) is 36.2 Å². The number of hydrogen-bond acceptors (Lipinski definition) is 7. The Bertz CT molecular complexity index is 852. The zero-order valence-electron chi connectivity index (χ0n) is 18.5. The summed E-state index contributed by atoms with van der Waals surface area (Å²) in [6.45, 7) is 6.16. The van der Waals surface area contributed by atoms with Crippen LogP contribution in [0.15, 0.2) is 18.2 Å². The third-order valence-electron chi connectivity index (χ3n) is 5.66. The average Bonchev–Trinajstić information content (AvgIpc) is 2.73. The third-order valence-corrected chi connectivity index (χ3v) is 5.66. The summed E-state index contributed by atoms with van der Waals surface area (Å²) >= 11 is 0. The molecule has 0 aliphatic carbocycles. The second-order valence-corrected chi connectivity index (χ2v) is 8.55. The van der Waals surface area contributed by atoms with Crippen LogP contribution in [0.25, 0.3) is 0 Å². The molecule has 174 valence electrons. The fourth-order valence-electron chi connectivity index (χ4n) is 4.00. The number of rotatable bonds is 9. The molecule has 1 aromatic rings. The van der Waals surface area contributed by atoms with Gasteiger partial charge in [0.05, 0.1) is 18.0 Å². The molecule has 3 rings (SSSR count). The van der Waals surface area contributed by atoms with Gasteiger partial charge in [0, 0.05) is 38.1 Å². The lowest BCUT2D eigenvalue weighted by Gasteiger charge is -2.33. The first-order chi connectivity index (χ1) is 15.2. The number of amides is 2. The molecule has 2 unspecified atom stereocenters. The molecule has 0 bridgehead atoms. The number of hydrogen-bond donors (Lipinski definition) is 5. The largest absolute Gasteiger partial charge is 0.547 e.